The van der Waals surface area contributed by atoms with Crippen LogP contribution in [-0.2, 0) is 17.8 Å². The number of thioether (sulfide) groups is 1. The van der Waals surface area contributed by atoms with Gasteiger partial charge in [0.15, 0.2) is 0 Å². The number of carbonyl (C=O) groups excluding carboxylic acids is 1. The first-order valence-electron chi connectivity index (χ1n) is 7.70. The molecular formula is C18H15N5OS. The van der Waals surface area contributed by atoms with Crippen molar-refractivity contribution >= 4 is 23.5 Å². The van der Waals surface area contributed by atoms with Gasteiger partial charge in [-0.2, -0.15) is 10.5 Å². The Kier molecular flexibility index (Phi) is 4.87. The third-order valence-electron chi connectivity index (χ3n) is 4.07. The first kappa shape index (κ1) is 16.8. The van der Waals surface area contributed by atoms with Crippen molar-refractivity contribution in [2.75, 3.05) is 18.0 Å². The van der Waals surface area contributed by atoms with Crippen molar-refractivity contribution in [3.63, 3.8) is 0 Å². The first-order valence-corrected chi connectivity index (χ1v) is 8.69. The smallest absolute Gasteiger partial charge is 0.233 e. The number of rotatable bonds is 3. The molecule has 2 heterocycles. The Morgan fingerprint density at radius 2 is 1.96 bits per heavy atom. The Hall–Kier alpha value is -3.03. The molecule has 0 saturated carbocycles. The molecule has 25 heavy (non-hydrogen) atoms. The van der Waals surface area contributed by atoms with Gasteiger partial charge in [-0.3, -0.25) is 4.79 Å². The Balaban J connectivity index is 1.69. The molecule has 0 radical (unpaired) electrons. The number of carbonyl (C=O) groups is 1. The fraction of sp³-hybridized carbons (Fsp3) is 0.222. The second-order valence-corrected chi connectivity index (χ2v) is 6.58. The van der Waals surface area contributed by atoms with Gasteiger partial charge in [-0.1, -0.05) is 36.0 Å². The number of nitriles is 2. The molecule has 1 aromatic carbocycles. The highest BCUT2D eigenvalue weighted by Crippen LogP contribution is 2.25. The summed E-state index contributed by atoms with van der Waals surface area (Å²) < 4.78 is 0. The summed E-state index contributed by atoms with van der Waals surface area (Å²) in [5.41, 5.74) is 8.59. The van der Waals surface area contributed by atoms with Gasteiger partial charge in [0.05, 0.1) is 16.9 Å². The number of anilines is 1. The standard InChI is InChI=1S/C18H15N5OS/c19-8-14-7-15(9-20)18(22-17(14)21)25-11-16(24)23-6-5-12-3-1-2-4-13(12)10-23/h1-4,7H,5-6,10-11H2,(H2,21,22). The lowest BCUT2D eigenvalue weighted by atomic mass is 10.00. The summed E-state index contributed by atoms with van der Waals surface area (Å²) in [6.45, 7) is 1.29. The molecule has 0 unspecified atom stereocenters. The van der Waals surface area contributed by atoms with E-state index in [9.17, 15) is 10.1 Å². The van der Waals surface area contributed by atoms with E-state index in [1.54, 1.807) is 0 Å². The van der Waals surface area contributed by atoms with Gasteiger partial charge >= 0.3 is 0 Å². The van der Waals surface area contributed by atoms with E-state index in [4.69, 9.17) is 11.0 Å². The normalized spacial score (nSPS) is 12.8. The molecule has 2 aromatic rings. The fourth-order valence-electron chi connectivity index (χ4n) is 2.72. The van der Waals surface area contributed by atoms with Crippen molar-refractivity contribution in [2.24, 2.45) is 0 Å². The van der Waals surface area contributed by atoms with E-state index in [0.29, 0.717) is 18.1 Å². The summed E-state index contributed by atoms with van der Waals surface area (Å²) in [5, 5.41) is 18.5. The summed E-state index contributed by atoms with van der Waals surface area (Å²) in [4.78, 5) is 18.4. The van der Waals surface area contributed by atoms with Crippen LogP contribution in [0.5, 0.6) is 0 Å². The summed E-state index contributed by atoms with van der Waals surface area (Å²) in [6, 6.07) is 13.4. The van der Waals surface area contributed by atoms with E-state index in [0.717, 1.165) is 6.42 Å². The molecule has 1 aliphatic heterocycles. The van der Waals surface area contributed by atoms with Crippen molar-refractivity contribution < 1.29 is 4.79 Å². The van der Waals surface area contributed by atoms with Crippen molar-refractivity contribution in [1.29, 1.82) is 10.5 Å². The van der Waals surface area contributed by atoms with Crippen LogP contribution in [0.1, 0.15) is 22.3 Å². The summed E-state index contributed by atoms with van der Waals surface area (Å²) >= 11 is 1.17. The van der Waals surface area contributed by atoms with E-state index in [-0.39, 0.29) is 28.6 Å². The van der Waals surface area contributed by atoms with Gasteiger partial charge in [0.25, 0.3) is 0 Å². The van der Waals surface area contributed by atoms with Crippen LogP contribution in [0.3, 0.4) is 0 Å². The Morgan fingerprint density at radius 1 is 1.24 bits per heavy atom. The maximum absolute atomic E-state index is 12.5. The number of nitrogens with zero attached hydrogens (tertiary/aromatic N) is 4. The second kappa shape index (κ2) is 7.25. The van der Waals surface area contributed by atoms with Crippen molar-refractivity contribution in [3.05, 3.63) is 52.6 Å². The number of aromatic nitrogens is 1. The lowest BCUT2D eigenvalue weighted by Gasteiger charge is -2.28. The quantitative estimate of drug-likeness (QED) is 0.850. The molecule has 3 rings (SSSR count). The van der Waals surface area contributed by atoms with E-state index in [1.165, 1.54) is 29.0 Å². The first-order chi connectivity index (χ1) is 12.1. The largest absolute Gasteiger partial charge is 0.383 e. The van der Waals surface area contributed by atoms with Gasteiger partial charge in [0.2, 0.25) is 5.91 Å². The monoisotopic (exact) mass is 349 g/mol. The van der Waals surface area contributed by atoms with Gasteiger partial charge in [-0.25, -0.2) is 4.98 Å². The third kappa shape index (κ3) is 3.57. The number of hydrogen-bond acceptors (Lipinski definition) is 6. The molecule has 124 valence electrons. The number of hydrogen-bond donors (Lipinski definition) is 1. The molecule has 0 fully saturated rings. The molecule has 1 aromatic heterocycles. The van der Waals surface area contributed by atoms with Crippen LogP contribution in [0, 0.1) is 22.7 Å². The number of pyridine rings is 1. The minimum atomic E-state index is -0.00637. The number of nitrogens with two attached hydrogens (primary N) is 1. The van der Waals surface area contributed by atoms with Gasteiger partial charge < -0.3 is 10.6 Å². The van der Waals surface area contributed by atoms with E-state index in [1.807, 2.05) is 35.2 Å². The molecule has 0 spiro atoms. The number of benzene rings is 1. The fourth-order valence-corrected chi connectivity index (χ4v) is 3.59. The molecule has 0 aliphatic carbocycles. The lowest BCUT2D eigenvalue weighted by Crippen LogP contribution is -2.37. The highest BCUT2D eigenvalue weighted by Gasteiger charge is 2.21. The number of nitrogen functional groups attached to an aromatic ring is 1. The van der Waals surface area contributed by atoms with Crippen molar-refractivity contribution in [3.8, 4) is 12.1 Å². The van der Waals surface area contributed by atoms with Gasteiger partial charge in [-0.05, 0) is 23.6 Å². The van der Waals surface area contributed by atoms with Crippen LogP contribution in [0.2, 0.25) is 0 Å². The highest BCUT2D eigenvalue weighted by molar-refractivity contribution is 8.00. The van der Waals surface area contributed by atoms with Crippen LogP contribution >= 0.6 is 11.8 Å². The molecular weight excluding hydrogens is 334 g/mol. The highest BCUT2D eigenvalue weighted by atomic mass is 32.2. The predicted octanol–water partition coefficient (Wildman–Crippen LogP) is 2.08. The Morgan fingerprint density at radius 3 is 2.68 bits per heavy atom. The zero-order valence-corrected chi connectivity index (χ0v) is 14.2. The second-order valence-electron chi connectivity index (χ2n) is 5.62. The minimum absolute atomic E-state index is 0.00637. The van der Waals surface area contributed by atoms with Crippen molar-refractivity contribution in [1.82, 2.24) is 9.88 Å². The molecule has 7 heteroatoms. The van der Waals surface area contributed by atoms with Crippen molar-refractivity contribution in [2.45, 2.75) is 18.0 Å². The average molecular weight is 349 g/mol. The third-order valence-corrected chi connectivity index (χ3v) is 5.05. The topological polar surface area (TPSA) is 107 Å². The SMILES string of the molecule is N#Cc1cc(C#N)c(SCC(=O)N2CCc3ccccc3C2)nc1N. The molecule has 0 bridgehead atoms. The summed E-state index contributed by atoms with van der Waals surface area (Å²) in [5.74, 6) is 0.242. The van der Waals surface area contributed by atoms with Gasteiger partial charge in [-0.15, -0.1) is 0 Å². The van der Waals surface area contributed by atoms with E-state index >= 15 is 0 Å². The molecule has 1 amide bonds. The van der Waals surface area contributed by atoms with Crippen LogP contribution < -0.4 is 5.73 Å². The molecule has 2 N–H and O–H groups in total. The van der Waals surface area contributed by atoms with Crippen LogP contribution in [0.15, 0.2) is 35.4 Å². The Labute approximate surface area is 149 Å². The molecule has 1 aliphatic rings. The summed E-state index contributed by atoms with van der Waals surface area (Å²) in [7, 11) is 0. The van der Waals surface area contributed by atoms with E-state index in [2.05, 4.69) is 11.1 Å². The Bertz CT molecular complexity index is 913. The number of amides is 1. The zero-order valence-electron chi connectivity index (χ0n) is 13.4. The van der Waals surface area contributed by atoms with Gasteiger partial charge in [0, 0.05) is 13.1 Å². The maximum atomic E-state index is 12.5. The summed E-state index contributed by atoms with van der Waals surface area (Å²) in [6.07, 6.45) is 0.845. The van der Waals surface area contributed by atoms with Crippen LogP contribution in [-0.4, -0.2) is 28.1 Å². The van der Waals surface area contributed by atoms with E-state index < -0.39 is 0 Å². The minimum Gasteiger partial charge on any atom is -0.383 e. The molecule has 0 atom stereocenters. The zero-order chi connectivity index (χ0) is 17.8. The molecule has 6 nitrogen and oxygen atoms in total. The maximum Gasteiger partial charge on any atom is 0.233 e. The predicted molar refractivity (Wildman–Crippen MR) is 94.4 cm³/mol. The lowest BCUT2D eigenvalue weighted by molar-refractivity contribution is -0.129. The van der Waals surface area contributed by atoms with Gasteiger partial charge in [0.1, 0.15) is 23.0 Å². The van der Waals surface area contributed by atoms with Crippen LogP contribution in [0.4, 0.5) is 5.82 Å². The van der Waals surface area contributed by atoms with Crippen LogP contribution in [0.25, 0.3) is 0 Å². The number of fused-ring (bicyclic) bond motifs is 1. The average Bonchev–Trinajstić information content (AvgIpc) is 2.65. The molecule has 0 saturated heterocycles.